The van der Waals surface area contributed by atoms with Crippen LogP contribution in [0, 0.1) is 23.0 Å². The van der Waals surface area contributed by atoms with Crippen LogP contribution in [-0.2, 0) is 10.2 Å². The number of nitrogens with zero attached hydrogens (tertiary/aromatic N) is 1. The number of benzene rings is 1. The zero-order chi connectivity index (χ0) is 14.5. The lowest BCUT2D eigenvalue weighted by Crippen LogP contribution is -2.37. The largest absolute Gasteiger partial charge is 0.355 e. The van der Waals surface area contributed by atoms with E-state index in [1.54, 1.807) is 13.8 Å². The van der Waals surface area contributed by atoms with E-state index in [0.717, 1.165) is 18.2 Å². The Kier molecular flexibility index (Phi) is 4.99. The number of hydrogen-bond acceptors (Lipinski definition) is 2. The fraction of sp³-hybridized carbons (Fsp3) is 0.429. The predicted octanol–water partition coefficient (Wildman–Crippen LogP) is 2.66. The third kappa shape index (κ3) is 4.32. The first-order chi connectivity index (χ1) is 8.86. The topological polar surface area (TPSA) is 52.9 Å². The van der Waals surface area contributed by atoms with E-state index < -0.39 is 17.0 Å². The molecule has 1 amide bonds. The summed E-state index contributed by atoms with van der Waals surface area (Å²) in [5.41, 5.74) is -0.512. The van der Waals surface area contributed by atoms with E-state index in [1.165, 1.54) is 0 Å². The van der Waals surface area contributed by atoms with Gasteiger partial charge in [-0.25, -0.2) is 8.78 Å². The van der Waals surface area contributed by atoms with Crippen molar-refractivity contribution in [1.29, 1.82) is 5.26 Å². The van der Waals surface area contributed by atoms with E-state index in [-0.39, 0.29) is 30.9 Å². The van der Waals surface area contributed by atoms with Crippen molar-refractivity contribution >= 4 is 5.91 Å². The zero-order valence-corrected chi connectivity index (χ0v) is 11.0. The molecule has 1 aromatic carbocycles. The molecular weight excluding hydrogens is 250 g/mol. The van der Waals surface area contributed by atoms with Crippen molar-refractivity contribution in [3.63, 3.8) is 0 Å². The zero-order valence-electron chi connectivity index (χ0n) is 11.0. The highest BCUT2D eigenvalue weighted by Gasteiger charge is 2.25. The number of carbonyl (C=O) groups is 1. The van der Waals surface area contributed by atoms with E-state index >= 15 is 0 Å². The Bertz CT molecular complexity index is 507. The Morgan fingerprint density at radius 3 is 2.74 bits per heavy atom. The van der Waals surface area contributed by atoms with Crippen molar-refractivity contribution in [2.75, 3.05) is 6.54 Å². The van der Waals surface area contributed by atoms with Crippen LogP contribution in [0.5, 0.6) is 0 Å². The molecule has 0 aromatic heterocycles. The van der Waals surface area contributed by atoms with Crippen molar-refractivity contribution < 1.29 is 13.6 Å². The first-order valence-corrected chi connectivity index (χ1v) is 5.96. The quantitative estimate of drug-likeness (QED) is 0.890. The van der Waals surface area contributed by atoms with Crippen molar-refractivity contribution in [3.05, 3.63) is 35.4 Å². The summed E-state index contributed by atoms with van der Waals surface area (Å²) in [5, 5.41) is 11.0. The number of amides is 1. The van der Waals surface area contributed by atoms with Crippen LogP contribution in [0.4, 0.5) is 8.78 Å². The van der Waals surface area contributed by atoms with Gasteiger partial charge in [0.25, 0.3) is 0 Å². The van der Waals surface area contributed by atoms with Crippen LogP contribution in [0.1, 0.15) is 32.3 Å². The number of halogens is 2. The minimum atomic E-state index is -0.728. The summed E-state index contributed by atoms with van der Waals surface area (Å²) >= 11 is 0. The van der Waals surface area contributed by atoms with E-state index in [9.17, 15) is 13.6 Å². The highest BCUT2D eigenvalue weighted by atomic mass is 19.1. The number of nitriles is 1. The van der Waals surface area contributed by atoms with E-state index in [2.05, 4.69) is 5.32 Å². The molecule has 0 radical (unpaired) electrons. The lowest BCUT2D eigenvalue weighted by molar-refractivity contribution is -0.121. The summed E-state index contributed by atoms with van der Waals surface area (Å²) in [7, 11) is 0. The molecule has 0 aliphatic rings. The SMILES string of the molecule is CC(C)(CNC(=O)CCC#N)c1cc(F)ccc1F. The molecule has 0 saturated heterocycles. The van der Waals surface area contributed by atoms with Crippen molar-refractivity contribution in [3.8, 4) is 6.07 Å². The van der Waals surface area contributed by atoms with Gasteiger partial charge >= 0.3 is 0 Å². The highest BCUT2D eigenvalue weighted by molar-refractivity contribution is 5.76. The normalized spacial score (nSPS) is 10.9. The molecule has 1 rings (SSSR count). The van der Waals surface area contributed by atoms with Crippen LogP contribution in [0.2, 0.25) is 0 Å². The molecule has 19 heavy (non-hydrogen) atoms. The predicted molar refractivity (Wildman–Crippen MR) is 67.2 cm³/mol. The molecule has 1 N–H and O–H groups in total. The van der Waals surface area contributed by atoms with Gasteiger partial charge in [-0.15, -0.1) is 0 Å². The third-order valence-electron chi connectivity index (χ3n) is 2.85. The summed E-state index contributed by atoms with van der Waals surface area (Å²) in [6, 6.07) is 5.14. The molecule has 0 saturated carbocycles. The van der Waals surface area contributed by atoms with Gasteiger partial charge in [-0.2, -0.15) is 5.26 Å². The third-order valence-corrected chi connectivity index (χ3v) is 2.85. The molecule has 3 nitrogen and oxygen atoms in total. The first kappa shape index (κ1) is 15.1. The second-order valence-corrected chi connectivity index (χ2v) is 4.94. The van der Waals surface area contributed by atoms with Crippen molar-refractivity contribution in [2.45, 2.75) is 32.1 Å². The fourth-order valence-electron chi connectivity index (χ4n) is 1.69. The summed E-state index contributed by atoms with van der Waals surface area (Å²) in [5.74, 6) is -1.29. The Morgan fingerprint density at radius 2 is 2.11 bits per heavy atom. The van der Waals surface area contributed by atoms with Gasteiger partial charge < -0.3 is 5.32 Å². The van der Waals surface area contributed by atoms with Gasteiger partial charge in [0.2, 0.25) is 5.91 Å². The van der Waals surface area contributed by atoms with Gasteiger partial charge in [-0.3, -0.25) is 4.79 Å². The van der Waals surface area contributed by atoms with Gasteiger partial charge in [0, 0.05) is 24.8 Å². The second kappa shape index (κ2) is 6.28. The monoisotopic (exact) mass is 266 g/mol. The molecule has 102 valence electrons. The smallest absolute Gasteiger partial charge is 0.221 e. The molecule has 0 aliphatic carbocycles. The number of nitrogens with one attached hydrogen (secondary N) is 1. The average Bonchev–Trinajstić information content (AvgIpc) is 2.36. The molecule has 0 fully saturated rings. The Hall–Kier alpha value is -1.96. The molecule has 1 aromatic rings. The van der Waals surface area contributed by atoms with Gasteiger partial charge in [0.1, 0.15) is 11.6 Å². The lowest BCUT2D eigenvalue weighted by atomic mass is 9.84. The molecule has 0 spiro atoms. The molecule has 0 bridgehead atoms. The summed E-state index contributed by atoms with van der Waals surface area (Å²) < 4.78 is 26.8. The minimum absolute atomic E-state index is 0.109. The summed E-state index contributed by atoms with van der Waals surface area (Å²) in [4.78, 5) is 11.4. The molecular formula is C14H16F2N2O. The lowest BCUT2D eigenvalue weighted by Gasteiger charge is -2.26. The highest BCUT2D eigenvalue weighted by Crippen LogP contribution is 2.25. The van der Waals surface area contributed by atoms with Crippen LogP contribution in [0.25, 0.3) is 0 Å². The maximum absolute atomic E-state index is 13.7. The molecule has 0 heterocycles. The van der Waals surface area contributed by atoms with E-state index in [0.29, 0.717) is 0 Å². The molecule has 0 aliphatic heterocycles. The van der Waals surface area contributed by atoms with Crippen LogP contribution in [-0.4, -0.2) is 12.5 Å². The van der Waals surface area contributed by atoms with Gasteiger partial charge in [0.15, 0.2) is 0 Å². The first-order valence-electron chi connectivity index (χ1n) is 5.96. The van der Waals surface area contributed by atoms with Gasteiger partial charge in [0.05, 0.1) is 6.07 Å². The van der Waals surface area contributed by atoms with Gasteiger partial charge in [-0.05, 0) is 23.8 Å². The maximum atomic E-state index is 13.7. The standard InChI is InChI=1S/C14H16F2N2O/c1-14(2,9-18-13(19)4-3-7-17)11-8-10(15)5-6-12(11)16/h5-6,8H,3-4,9H2,1-2H3,(H,18,19). The van der Waals surface area contributed by atoms with Crippen LogP contribution in [0.3, 0.4) is 0 Å². The van der Waals surface area contributed by atoms with Crippen LogP contribution < -0.4 is 5.32 Å². The minimum Gasteiger partial charge on any atom is -0.355 e. The summed E-state index contributed by atoms with van der Waals surface area (Å²) in [6.07, 6.45) is 0.249. The Balaban J connectivity index is 2.73. The van der Waals surface area contributed by atoms with E-state index in [1.807, 2.05) is 6.07 Å². The summed E-state index contributed by atoms with van der Waals surface area (Å²) in [6.45, 7) is 3.61. The Labute approximate surface area is 111 Å². The average molecular weight is 266 g/mol. The van der Waals surface area contributed by atoms with Crippen LogP contribution >= 0.6 is 0 Å². The van der Waals surface area contributed by atoms with Crippen molar-refractivity contribution in [1.82, 2.24) is 5.32 Å². The van der Waals surface area contributed by atoms with Crippen LogP contribution in [0.15, 0.2) is 18.2 Å². The number of hydrogen-bond donors (Lipinski definition) is 1. The second-order valence-electron chi connectivity index (χ2n) is 4.94. The maximum Gasteiger partial charge on any atom is 0.221 e. The fourth-order valence-corrected chi connectivity index (χ4v) is 1.69. The molecule has 5 heteroatoms. The number of carbonyl (C=O) groups excluding carboxylic acids is 1. The number of rotatable bonds is 5. The van der Waals surface area contributed by atoms with Gasteiger partial charge in [-0.1, -0.05) is 13.8 Å². The van der Waals surface area contributed by atoms with Crippen molar-refractivity contribution in [2.24, 2.45) is 0 Å². The van der Waals surface area contributed by atoms with E-state index in [4.69, 9.17) is 5.26 Å². The molecule has 0 atom stereocenters. The Morgan fingerprint density at radius 1 is 1.42 bits per heavy atom. The molecule has 0 unspecified atom stereocenters.